The van der Waals surface area contributed by atoms with Crippen molar-refractivity contribution in [3.63, 3.8) is 0 Å². The van der Waals surface area contributed by atoms with Gasteiger partial charge in [0, 0.05) is 37.7 Å². The number of thioether (sulfide) groups is 1. The molecule has 0 N–H and O–H groups in total. The lowest BCUT2D eigenvalue weighted by Gasteiger charge is -2.12. The zero-order valence-corrected chi connectivity index (χ0v) is 14.5. The molecule has 0 aromatic carbocycles. The van der Waals surface area contributed by atoms with Gasteiger partial charge in [-0.25, -0.2) is 19.7 Å². The highest BCUT2D eigenvalue weighted by Crippen LogP contribution is 2.25. The SMILES string of the molecule is O=c1ccn2c(=O)n1CCCCn1cnc3ncnc(c31)SCCC2. The van der Waals surface area contributed by atoms with E-state index in [0.717, 1.165) is 42.1 Å². The van der Waals surface area contributed by atoms with E-state index in [1.54, 1.807) is 35.2 Å². The van der Waals surface area contributed by atoms with E-state index in [-0.39, 0.29) is 11.2 Å². The molecule has 0 amide bonds. The van der Waals surface area contributed by atoms with E-state index in [4.69, 9.17) is 0 Å². The van der Waals surface area contributed by atoms with Crippen LogP contribution in [-0.2, 0) is 19.6 Å². The van der Waals surface area contributed by atoms with Crippen LogP contribution in [0.25, 0.3) is 11.2 Å². The molecule has 1 aliphatic heterocycles. The topological polar surface area (TPSA) is 87.6 Å². The second-order valence-corrected chi connectivity index (χ2v) is 7.06. The average molecular weight is 358 g/mol. The normalized spacial score (nSPS) is 15.8. The molecule has 0 fully saturated rings. The fraction of sp³-hybridized carbons (Fsp3) is 0.438. The molecule has 0 spiro atoms. The van der Waals surface area contributed by atoms with Crippen LogP contribution in [0.3, 0.4) is 0 Å². The summed E-state index contributed by atoms with van der Waals surface area (Å²) in [6.45, 7) is 1.77. The van der Waals surface area contributed by atoms with E-state index in [2.05, 4.69) is 19.5 Å². The number of nitrogens with zero attached hydrogens (tertiary/aromatic N) is 6. The summed E-state index contributed by atoms with van der Waals surface area (Å²) in [5.74, 6) is 0.822. The molecule has 3 aromatic heterocycles. The van der Waals surface area contributed by atoms with Crippen LogP contribution in [0.15, 0.2) is 39.5 Å². The van der Waals surface area contributed by atoms with E-state index in [9.17, 15) is 9.59 Å². The van der Waals surface area contributed by atoms with Crippen LogP contribution in [0.4, 0.5) is 0 Å². The van der Waals surface area contributed by atoms with Crippen LogP contribution in [0.5, 0.6) is 0 Å². The molecular formula is C16H18N6O2S. The van der Waals surface area contributed by atoms with Gasteiger partial charge in [-0.3, -0.25) is 9.36 Å². The first-order valence-corrected chi connectivity index (χ1v) is 9.31. The fourth-order valence-corrected chi connectivity index (χ4v) is 3.98. The highest BCUT2D eigenvalue weighted by molar-refractivity contribution is 7.99. The maximum atomic E-state index is 12.5. The summed E-state index contributed by atoms with van der Waals surface area (Å²) in [5.41, 5.74) is 1.23. The quantitative estimate of drug-likeness (QED) is 0.560. The number of hydrogen-bond donors (Lipinski definition) is 0. The van der Waals surface area contributed by atoms with Crippen molar-refractivity contribution < 1.29 is 0 Å². The molecule has 9 heteroatoms. The molecule has 0 atom stereocenters. The van der Waals surface area contributed by atoms with E-state index < -0.39 is 0 Å². The number of rotatable bonds is 0. The zero-order chi connectivity index (χ0) is 17.2. The van der Waals surface area contributed by atoms with Crippen LogP contribution in [0.2, 0.25) is 0 Å². The molecule has 0 saturated heterocycles. The maximum absolute atomic E-state index is 12.5. The predicted molar refractivity (Wildman–Crippen MR) is 94.9 cm³/mol. The fourth-order valence-electron chi connectivity index (χ4n) is 3.05. The summed E-state index contributed by atoms with van der Waals surface area (Å²) in [4.78, 5) is 37.5. The number of fused-ring (bicyclic) bond motifs is 2. The van der Waals surface area contributed by atoms with Gasteiger partial charge in [-0.15, -0.1) is 11.8 Å². The Labute approximate surface area is 147 Å². The smallest absolute Gasteiger partial charge is 0.327 e. The molecule has 1 aliphatic rings. The highest BCUT2D eigenvalue weighted by atomic mass is 32.2. The van der Waals surface area contributed by atoms with Gasteiger partial charge >= 0.3 is 5.69 Å². The Hall–Kier alpha value is -2.42. The van der Waals surface area contributed by atoms with Crippen LogP contribution in [-0.4, -0.2) is 34.4 Å². The van der Waals surface area contributed by atoms with Gasteiger partial charge < -0.3 is 9.13 Å². The first-order valence-electron chi connectivity index (χ1n) is 8.33. The monoisotopic (exact) mass is 358 g/mol. The van der Waals surface area contributed by atoms with Crippen LogP contribution < -0.4 is 11.2 Å². The van der Waals surface area contributed by atoms with E-state index in [1.165, 1.54) is 10.6 Å². The summed E-state index contributed by atoms with van der Waals surface area (Å²) in [6, 6.07) is 1.47. The lowest BCUT2D eigenvalue weighted by molar-refractivity contribution is 0.502. The summed E-state index contributed by atoms with van der Waals surface area (Å²) >= 11 is 1.65. The minimum atomic E-state index is -0.230. The maximum Gasteiger partial charge on any atom is 0.330 e. The Morgan fingerprint density at radius 3 is 2.72 bits per heavy atom. The Morgan fingerprint density at radius 2 is 1.80 bits per heavy atom. The average Bonchev–Trinajstić information content (AvgIpc) is 3.03. The van der Waals surface area contributed by atoms with Crippen molar-refractivity contribution in [2.45, 2.75) is 43.9 Å². The second-order valence-electron chi connectivity index (χ2n) is 5.98. The largest absolute Gasteiger partial charge is 0.330 e. The molecule has 0 radical (unpaired) electrons. The highest BCUT2D eigenvalue weighted by Gasteiger charge is 2.12. The summed E-state index contributed by atoms with van der Waals surface area (Å²) in [5, 5.41) is 0.928. The van der Waals surface area contributed by atoms with Gasteiger partial charge in [-0.1, -0.05) is 0 Å². The standard InChI is InChI=1S/C16H18N6O2S/c23-12-4-8-20-6-3-9-25-15-13-14(17-10-18-15)19-11-21(13)5-1-2-7-22(12)16(20)24/h4,8,10-11H,1-3,5-7,9H2. The number of hydrogen-bond acceptors (Lipinski definition) is 6. The molecule has 0 unspecified atom stereocenters. The zero-order valence-electron chi connectivity index (χ0n) is 13.7. The summed E-state index contributed by atoms with van der Waals surface area (Å²) < 4.78 is 5.02. The van der Waals surface area contributed by atoms with Gasteiger partial charge in [0.2, 0.25) is 0 Å². The molecule has 3 aromatic rings. The van der Waals surface area contributed by atoms with Gasteiger partial charge in [0.25, 0.3) is 5.56 Å². The first-order chi connectivity index (χ1) is 12.2. The van der Waals surface area contributed by atoms with E-state index in [0.29, 0.717) is 18.7 Å². The van der Waals surface area contributed by atoms with Gasteiger partial charge in [-0.2, -0.15) is 0 Å². The lowest BCUT2D eigenvalue weighted by Crippen LogP contribution is -2.39. The van der Waals surface area contributed by atoms with Crippen LogP contribution >= 0.6 is 11.8 Å². The molecule has 8 nitrogen and oxygen atoms in total. The minimum Gasteiger partial charge on any atom is -0.327 e. The van der Waals surface area contributed by atoms with Gasteiger partial charge in [-0.05, 0) is 19.3 Å². The molecule has 130 valence electrons. The Bertz CT molecular complexity index is 1020. The van der Waals surface area contributed by atoms with Crippen molar-refractivity contribution in [2.24, 2.45) is 0 Å². The number of aromatic nitrogens is 6. The molecule has 0 aliphatic carbocycles. The Kier molecular flexibility index (Phi) is 4.39. The lowest BCUT2D eigenvalue weighted by atomic mass is 10.3. The number of aryl methyl sites for hydroxylation is 2. The van der Waals surface area contributed by atoms with Crippen LogP contribution in [0.1, 0.15) is 19.3 Å². The van der Waals surface area contributed by atoms with E-state index >= 15 is 0 Å². The predicted octanol–water partition coefficient (Wildman–Crippen LogP) is 1.13. The Morgan fingerprint density at radius 1 is 0.960 bits per heavy atom. The van der Waals surface area contributed by atoms with Crippen LogP contribution in [0, 0.1) is 0 Å². The van der Waals surface area contributed by atoms with Gasteiger partial charge in [0.05, 0.1) is 6.33 Å². The van der Waals surface area contributed by atoms with Gasteiger partial charge in [0.15, 0.2) is 5.65 Å². The second kappa shape index (κ2) is 6.83. The minimum absolute atomic E-state index is 0.220. The van der Waals surface area contributed by atoms with Crippen molar-refractivity contribution in [1.29, 1.82) is 0 Å². The molecule has 4 heterocycles. The van der Waals surface area contributed by atoms with Crippen molar-refractivity contribution in [3.05, 3.63) is 45.8 Å². The first kappa shape index (κ1) is 16.1. The van der Waals surface area contributed by atoms with Crippen molar-refractivity contribution >= 4 is 22.9 Å². The molecule has 2 bridgehead atoms. The Balaban J connectivity index is 1.67. The molecular weight excluding hydrogens is 340 g/mol. The molecule has 25 heavy (non-hydrogen) atoms. The van der Waals surface area contributed by atoms with Gasteiger partial charge in [0.1, 0.15) is 16.9 Å². The third-order valence-electron chi connectivity index (χ3n) is 4.33. The summed E-state index contributed by atoms with van der Waals surface area (Å²) in [6.07, 6.45) is 7.32. The molecule has 4 rings (SSSR count). The van der Waals surface area contributed by atoms with Crippen molar-refractivity contribution in [1.82, 2.24) is 28.7 Å². The van der Waals surface area contributed by atoms with Crippen molar-refractivity contribution in [2.75, 3.05) is 5.75 Å². The van der Waals surface area contributed by atoms with Crippen molar-refractivity contribution in [3.8, 4) is 0 Å². The third-order valence-corrected chi connectivity index (χ3v) is 5.39. The third kappa shape index (κ3) is 3.11. The summed E-state index contributed by atoms with van der Waals surface area (Å²) in [7, 11) is 0. The molecule has 0 saturated carbocycles. The number of imidazole rings is 1. The van der Waals surface area contributed by atoms with E-state index in [1.807, 2.05) is 0 Å².